The molecule has 416 valence electrons. The van der Waals surface area contributed by atoms with Crippen molar-refractivity contribution in [2.45, 2.75) is 91.4 Å². The van der Waals surface area contributed by atoms with E-state index in [2.05, 4.69) is 333 Å². The molecule has 0 radical (unpaired) electrons. The normalized spacial score (nSPS) is 12.8. The van der Waals surface area contributed by atoms with Crippen LogP contribution in [0.2, 0.25) is 78.6 Å². The molecule has 2 aliphatic carbocycles. The van der Waals surface area contributed by atoms with Crippen molar-refractivity contribution in [2.75, 3.05) is 0 Å². The first kappa shape index (κ1) is 68.2. The van der Waals surface area contributed by atoms with E-state index in [1.165, 1.54) is 120 Å². The molecule has 0 spiro atoms. The standard InChI is InChI=1S/2C13H9.2C13H10.2C11H21Si2.2ClH.2Zr/c2*1-3-7-12-10(5-1)9-11-6-2-4-8-13(11)12;2*1-3-7-12(8-4-1)11-13-9-5-2-6-10-13;2*1-12(2,3)10-7-8-11(9-10)13(4,5)6;;;;/h2*1-9H;2*1-10H;2*9H,7H2,1-6H3;2*1H;;/q2*-1;;;2*-1;;;2*+2/p-2. The first-order valence-corrected chi connectivity index (χ1v) is 44.6. The third-order valence-electron chi connectivity index (χ3n) is 14.4. The minimum Gasteiger partial charge on any atom is -0.126 e. The van der Waals surface area contributed by atoms with E-state index in [1.807, 2.05) is 0 Å². The second-order valence-electron chi connectivity index (χ2n) is 24.7. The summed E-state index contributed by atoms with van der Waals surface area (Å²) < 4.78 is 2.83. The molecule has 0 aliphatic heterocycles. The van der Waals surface area contributed by atoms with Crippen LogP contribution in [0.25, 0.3) is 43.1 Å². The largest absolute Gasteiger partial charge is 0.126 e. The molecule has 82 heavy (non-hydrogen) atoms. The van der Waals surface area contributed by atoms with Crippen LogP contribution in [0.3, 0.4) is 0 Å². The zero-order valence-corrected chi connectivity index (χ0v) is 60.7. The van der Waals surface area contributed by atoms with Gasteiger partial charge in [-0.2, -0.15) is 10.4 Å². The quantitative estimate of drug-likeness (QED) is 0.105. The van der Waals surface area contributed by atoms with Gasteiger partial charge in [0.15, 0.2) is 0 Å². The van der Waals surface area contributed by atoms with Crippen molar-refractivity contribution in [3.05, 3.63) is 298 Å². The summed E-state index contributed by atoms with van der Waals surface area (Å²) in [5.74, 6) is 0. The predicted molar refractivity (Wildman–Crippen MR) is 359 cm³/mol. The van der Waals surface area contributed by atoms with E-state index in [4.69, 9.17) is 0 Å². The van der Waals surface area contributed by atoms with Gasteiger partial charge < -0.3 is 24.8 Å². The van der Waals surface area contributed by atoms with Crippen molar-refractivity contribution < 1.29 is 73.3 Å². The Bertz CT molecular complexity index is 3330. The fourth-order valence-corrected chi connectivity index (χ4v) is 16.2. The van der Waals surface area contributed by atoms with E-state index >= 15 is 0 Å². The summed E-state index contributed by atoms with van der Waals surface area (Å²) in [6.07, 6.45) is 14.3. The maximum atomic E-state index is 3.57. The Hall–Kier alpha value is -4.59. The van der Waals surface area contributed by atoms with Gasteiger partial charge in [0.2, 0.25) is 0 Å². The van der Waals surface area contributed by atoms with E-state index in [9.17, 15) is 0 Å². The zero-order chi connectivity index (χ0) is 57.5. The second-order valence-corrected chi connectivity index (χ2v) is 47.5. The Labute approximate surface area is 538 Å². The van der Waals surface area contributed by atoms with Gasteiger partial charge in [-0.15, -0.1) is 92.3 Å². The van der Waals surface area contributed by atoms with Crippen LogP contribution in [0.4, 0.5) is 0 Å². The van der Waals surface area contributed by atoms with Crippen LogP contribution >= 0.6 is 0 Å². The van der Waals surface area contributed by atoms with Crippen molar-refractivity contribution in [1.82, 2.24) is 0 Å². The maximum absolute atomic E-state index is 3.57. The molecular weight excluding hydrogens is 1250 g/mol. The third kappa shape index (κ3) is 19.7. The Balaban J connectivity index is 0.000000180. The monoisotopic (exact) mass is 1330 g/mol. The van der Waals surface area contributed by atoms with Crippen molar-refractivity contribution in [1.29, 1.82) is 0 Å². The van der Waals surface area contributed by atoms with Crippen LogP contribution < -0.4 is 24.8 Å². The van der Waals surface area contributed by atoms with Crippen LogP contribution in [0.1, 0.15) is 35.1 Å². The van der Waals surface area contributed by atoms with Gasteiger partial charge in [0.25, 0.3) is 0 Å². The first-order valence-electron chi connectivity index (χ1n) is 28.2. The minimum atomic E-state index is -1.09. The fraction of sp³-hybridized carbons (Fsp3) is 0.189. The van der Waals surface area contributed by atoms with Gasteiger partial charge in [0.05, 0.1) is 16.1 Å². The number of hydrogen-bond donors (Lipinski definition) is 0. The van der Waals surface area contributed by atoms with Crippen molar-refractivity contribution in [2.24, 2.45) is 0 Å². The summed E-state index contributed by atoms with van der Waals surface area (Å²) in [7, 11) is -4.28. The number of rotatable bonds is 8. The minimum absolute atomic E-state index is 0. The van der Waals surface area contributed by atoms with Crippen molar-refractivity contribution >= 4 is 81.8 Å². The molecule has 0 unspecified atom stereocenters. The SMILES string of the molecule is C[Si](C)(C)C1=[C-]CC([Si](C)(C)C)=C1.C[Si](C)(C)C1=[C-]CC([Si](C)(C)C)=C1.[Cl-].[Cl-].[Zr+2]=[C](c1ccccc1)c1ccccc1.[Zr+2]=[C](c1ccccc1)c1ccccc1.c1ccc2c(c1)[cH-]c1ccccc12.c1ccc2c(c1)[cH-]c1ccccc12. The van der Waals surface area contributed by atoms with E-state index < -0.39 is 32.3 Å². The summed E-state index contributed by atoms with van der Waals surface area (Å²) in [5, 5.41) is 17.2. The maximum Gasteiger partial charge on any atom is -0.0771 e. The molecule has 0 amide bonds. The molecule has 0 N–H and O–H groups in total. The molecule has 12 rings (SSSR count). The molecule has 0 saturated heterocycles. The first-order chi connectivity index (χ1) is 38.1. The predicted octanol–water partition coefficient (Wildman–Crippen LogP) is 14.6. The average Bonchev–Trinajstić information content (AvgIpc) is 4.38. The van der Waals surface area contributed by atoms with Crippen LogP contribution in [-0.2, 0) is 48.5 Å². The summed E-state index contributed by atoms with van der Waals surface area (Å²) in [6.45, 7) is 29.0. The van der Waals surface area contributed by atoms with E-state index in [-0.39, 0.29) is 24.8 Å². The van der Waals surface area contributed by atoms with Crippen LogP contribution in [0, 0.1) is 12.2 Å². The number of hydrogen-bond acceptors (Lipinski definition) is 0. The van der Waals surface area contributed by atoms with Crippen LogP contribution in [0.5, 0.6) is 0 Å². The summed E-state index contributed by atoms with van der Waals surface area (Å²) in [4.78, 5) is 0. The van der Waals surface area contributed by atoms with Gasteiger partial charge in [-0.25, -0.2) is 22.5 Å². The number of halogens is 2. The summed E-state index contributed by atoms with van der Waals surface area (Å²) in [6, 6.07) is 80.8. The molecule has 2 aliphatic rings. The van der Waals surface area contributed by atoms with Gasteiger partial charge in [0.1, 0.15) is 0 Å². The Morgan fingerprint density at radius 3 is 0.695 bits per heavy atom. The van der Waals surface area contributed by atoms with Gasteiger partial charge in [-0.1, -0.05) is 151 Å². The van der Waals surface area contributed by atoms with E-state index in [0.29, 0.717) is 0 Å². The zero-order valence-electron chi connectivity index (χ0n) is 50.3. The third-order valence-corrected chi connectivity index (χ3v) is 25.6. The van der Waals surface area contributed by atoms with Crippen LogP contribution in [-0.4, -0.2) is 38.7 Å². The summed E-state index contributed by atoms with van der Waals surface area (Å²) >= 11 is 2.92. The van der Waals surface area contributed by atoms with Crippen molar-refractivity contribution in [3.8, 4) is 0 Å². The molecular formula is C74H80Cl2Si4Zr2-2. The number of allylic oxidation sites excluding steroid dienone is 8. The van der Waals surface area contributed by atoms with E-state index in [0.717, 1.165) is 12.8 Å². The molecule has 0 aromatic heterocycles. The Morgan fingerprint density at radius 1 is 0.305 bits per heavy atom. The Kier molecular flexibility index (Phi) is 26.2. The number of fused-ring (bicyclic) bond motifs is 6. The molecule has 8 heteroatoms. The Morgan fingerprint density at radius 2 is 0.512 bits per heavy atom. The summed E-state index contributed by atoms with van der Waals surface area (Å²) in [5.41, 5.74) is 5.32. The van der Waals surface area contributed by atoms with Crippen LogP contribution in [0.15, 0.2) is 263 Å². The molecule has 0 bridgehead atoms. The van der Waals surface area contributed by atoms with Gasteiger partial charge in [-0.05, 0) is 0 Å². The molecule has 0 atom stereocenters. The van der Waals surface area contributed by atoms with Gasteiger partial charge in [0, 0.05) is 16.1 Å². The fourth-order valence-electron chi connectivity index (χ4n) is 9.42. The molecule has 10 aromatic carbocycles. The van der Waals surface area contributed by atoms with Gasteiger partial charge >= 0.3 is 198 Å². The average molecular weight is 1340 g/mol. The second kappa shape index (κ2) is 31.5. The molecule has 10 aromatic rings. The molecule has 0 fully saturated rings. The smallest absolute Gasteiger partial charge is 0.0771 e. The molecule has 0 saturated carbocycles. The van der Waals surface area contributed by atoms with E-state index in [1.54, 1.807) is 20.8 Å². The topological polar surface area (TPSA) is 0 Å². The van der Waals surface area contributed by atoms with Crippen molar-refractivity contribution in [3.63, 3.8) is 0 Å². The molecule has 0 nitrogen and oxygen atoms in total. The molecule has 0 heterocycles. The van der Waals surface area contributed by atoms with Gasteiger partial charge in [-0.3, -0.25) is 12.2 Å². The number of benzene rings is 8.